The average molecular weight is 1790 g/mol. The molecule has 39 heteroatoms. The maximum atomic E-state index is 12.8. The number of nitrogens with one attached hydrogen (secondary N) is 1. The molecule has 4 atom stereocenters. The summed E-state index contributed by atoms with van der Waals surface area (Å²) in [4.78, 5) is 118. The maximum absolute atomic E-state index is 12.8. The number of amides is 5. The van der Waals surface area contributed by atoms with E-state index in [1.807, 2.05) is 46.4 Å². The van der Waals surface area contributed by atoms with E-state index in [2.05, 4.69) is 68.3 Å². The van der Waals surface area contributed by atoms with Crippen LogP contribution in [0.1, 0.15) is 120 Å². The third-order valence-corrected chi connectivity index (χ3v) is 18.5. The van der Waals surface area contributed by atoms with Gasteiger partial charge in [-0.1, -0.05) is 97.6 Å². The minimum absolute atomic E-state index is 0. The van der Waals surface area contributed by atoms with Gasteiger partial charge in [-0.25, -0.2) is 44.3 Å². The van der Waals surface area contributed by atoms with Crippen molar-refractivity contribution < 1.29 is 62.3 Å². The fourth-order valence-electron chi connectivity index (χ4n) is 10.7. The van der Waals surface area contributed by atoms with Crippen LogP contribution in [-0.2, 0) is 38.3 Å². The highest BCUT2D eigenvalue weighted by molar-refractivity contribution is 6.41. The summed E-state index contributed by atoms with van der Waals surface area (Å²) in [7, 11) is 9.33. The van der Waals surface area contributed by atoms with E-state index in [1.54, 1.807) is 79.8 Å². The number of carbonyl (C=O) groups is 6. The molecule has 4 aliphatic heterocycles. The first-order chi connectivity index (χ1) is 53.4. The van der Waals surface area contributed by atoms with Gasteiger partial charge in [-0.2, -0.15) is 19.9 Å². The van der Waals surface area contributed by atoms with Crippen molar-refractivity contribution in [3.63, 3.8) is 0 Å². The summed E-state index contributed by atoms with van der Waals surface area (Å²) in [5.41, 5.74) is 6.92. The van der Waals surface area contributed by atoms with Crippen LogP contribution in [0.4, 0.5) is 21.0 Å². The molecule has 5 amide bonds. The average Bonchev–Trinajstić information content (AvgIpc) is 1.61. The molecule has 30 nitrogen and oxygen atoms in total. The Morgan fingerprint density at radius 3 is 1.21 bits per heavy atom. The molecule has 9 heterocycles. The molecule has 116 heavy (non-hydrogen) atoms. The summed E-state index contributed by atoms with van der Waals surface area (Å²) in [5, 5.41) is 14.3. The van der Waals surface area contributed by atoms with Gasteiger partial charge in [0.15, 0.2) is 5.15 Å². The Hall–Kier alpha value is -8.53. The van der Waals surface area contributed by atoms with Crippen molar-refractivity contribution >= 4 is 152 Å². The minimum Gasteiger partial charge on any atom is -0.480 e. The van der Waals surface area contributed by atoms with Crippen molar-refractivity contribution in [2.24, 2.45) is 23.5 Å². The molecule has 4 N–H and O–H groups in total. The van der Waals surface area contributed by atoms with Crippen LogP contribution in [0.3, 0.4) is 0 Å². The molecule has 7 aromatic rings. The van der Waals surface area contributed by atoms with Gasteiger partial charge in [-0.15, -0.1) is 12.4 Å². The van der Waals surface area contributed by atoms with E-state index >= 15 is 0 Å². The van der Waals surface area contributed by atoms with Crippen molar-refractivity contribution in [2.75, 3.05) is 105 Å². The third-order valence-electron chi connectivity index (χ3n) is 16.4. The van der Waals surface area contributed by atoms with Gasteiger partial charge in [-0.05, 0) is 182 Å². The molecule has 0 spiro atoms. The van der Waals surface area contributed by atoms with Crippen molar-refractivity contribution in [1.82, 2.24) is 69.9 Å². The second-order valence-corrected chi connectivity index (χ2v) is 30.3. The summed E-state index contributed by atoms with van der Waals surface area (Å²) >= 11 is 45.0. The van der Waals surface area contributed by atoms with Crippen molar-refractivity contribution in [3.05, 3.63) is 174 Å². The van der Waals surface area contributed by atoms with E-state index < -0.39 is 17.2 Å². The predicted molar refractivity (Wildman–Crippen MR) is 457 cm³/mol. The lowest BCUT2D eigenvalue weighted by atomic mass is 10.0. The van der Waals surface area contributed by atoms with Gasteiger partial charge < -0.3 is 69.1 Å². The normalized spacial score (nSPS) is 15.5. The summed E-state index contributed by atoms with van der Waals surface area (Å²) in [5.74, 6) is 3.43. The number of carbonyl (C=O) groups excluding carboxylic acids is 5. The van der Waals surface area contributed by atoms with Crippen LogP contribution in [0.25, 0.3) is 0 Å². The fourth-order valence-corrected chi connectivity index (χ4v) is 11.9. The van der Waals surface area contributed by atoms with E-state index in [0.717, 1.165) is 51.1 Å². The molecule has 4 fully saturated rings. The van der Waals surface area contributed by atoms with Crippen LogP contribution >= 0.6 is 105 Å². The predicted octanol–water partition coefficient (Wildman–Crippen LogP) is 15.6. The molecular weight excluding hydrogens is 1690 g/mol. The number of aromatic carboxylic acids is 1. The van der Waals surface area contributed by atoms with Crippen LogP contribution in [-0.4, -0.2) is 218 Å². The van der Waals surface area contributed by atoms with E-state index in [1.165, 1.54) is 80.4 Å². The first kappa shape index (κ1) is 104. The molecule has 4 saturated heterocycles. The number of nitrogens with zero attached hydrogens (tertiary/aromatic N) is 15. The summed E-state index contributed by atoms with van der Waals surface area (Å²) < 4.78 is 30.6. The number of aromatic nitrogens is 10. The first-order valence-electron chi connectivity index (χ1n) is 35.1. The van der Waals surface area contributed by atoms with Crippen molar-refractivity contribution in [2.45, 2.75) is 119 Å². The van der Waals surface area contributed by atoms with Crippen LogP contribution in [0.15, 0.2) is 105 Å². The zero-order valence-electron chi connectivity index (χ0n) is 65.1. The highest BCUT2D eigenvalue weighted by atomic mass is 35.5. The standard InChI is InChI=1S/C21H23ClN4O3.C15H22ClN3O3.C11H11NO3.C10H14ClN3O.C9H18N2O2.C5H4Cl2N2O.C4HCl3N2.2CH4.ClH/c1-4-19(27)25(2)16-7-5-15(6-8-16)21(28)26-10-9-14(13-26)11-18-23-12-17(22)20(24-18)29-3;1-15(2,3)22-14(20)19-6-5-10(9-19)7-12-17-8-11(16)13(18-12)21-4;1-3-10(13)12(2)9-6-4-8(5-7-9)11(14)15;1-15-10-8(11)6-13-9(14-10)4-7-2-3-12-5-7;1-9(2,3)13-8(12)11-5-4-7(10)6-11;1-10-4-3(6)2-8-5(7)9-4;5-2-1-8-4(7)9-3(2)6;;;/h4-8,12,14H,1,9-11,13H2,2-3H3;8,10H,5-7,9H2,1-4H3;3-7H,1H2,2H3,(H,14,15);6-7,12H,2-5H2,1H3;7H,4-6,10H2,1-3H3;2H,1H3;1H;2*1H4;1H/t14-;10-;;2*7-;;;;;/m00.01...../s1. The molecule has 0 unspecified atom stereocenters. The lowest BCUT2D eigenvalue weighted by Gasteiger charge is -2.24. The molecule has 0 aliphatic carbocycles. The Balaban J connectivity index is 0.000000473. The van der Waals surface area contributed by atoms with Gasteiger partial charge in [0.05, 0.1) is 70.0 Å². The number of hydrogen-bond acceptors (Lipinski definition) is 24. The largest absolute Gasteiger partial charge is 0.480 e. The second-order valence-electron chi connectivity index (χ2n) is 27.2. The van der Waals surface area contributed by atoms with Crippen LogP contribution in [0.5, 0.6) is 23.5 Å². The number of ether oxygens (including phenoxy) is 6. The summed E-state index contributed by atoms with van der Waals surface area (Å²) in [6.45, 7) is 24.2. The highest BCUT2D eigenvalue weighted by Crippen LogP contribution is 2.29. The van der Waals surface area contributed by atoms with Gasteiger partial charge in [-0.3, -0.25) is 14.4 Å². The van der Waals surface area contributed by atoms with Crippen molar-refractivity contribution in [1.29, 1.82) is 0 Å². The summed E-state index contributed by atoms with van der Waals surface area (Å²) in [6.07, 6.45) is 15.5. The topological polar surface area (TPSA) is 361 Å². The zero-order chi connectivity index (χ0) is 83.9. The molecule has 11 rings (SSSR count). The lowest BCUT2D eigenvalue weighted by Crippen LogP contribution is -2.36. The quantitative estimate of drug-likeness (QED) is 0.0459. The third kappa shape index (κ3) is 35.3. The van der Waals surface area contributed by atoms with Gasteiger partial charge in [0.2, 0.25) is 45.9 Å². The van der Waals surface area contributed by atoms with Crippen LogP contribution in [0, 0.1) is 17.8 Å². The number of likely N-dealkylation sites (tertiary alicyclic amines) is 3. The van der Waals surface area contributed by atoms with E-state index in [9.17, 15) is 28.8 Å². The number of benzene rings is 2. The number of carboxylic acid groups (broad SMARTS) is 1. The van der Waals surface area contributed by atoms with Crippen LogP contribution < -0.4 is 39.8 Å². The first-order valence-corrected chi connectivity index (χ1v) is 38.1. The number of methoxy groups -OCH3 is 4. The highest BCUT2D eigenvalue weighted by Gasteiger charge is 2.32. The number of rotatable bonds is 16. The Labute approximate surface area is 724 Å². The zero-order valence-corrected chi connectivity index (χ0v) is 71.9. The second kappa shape index (κ2) is 50.9. The molecular formula is C77H102Cl9N17O13. The van der Waals surface area contributed by atoms with Gasteiger partial charge >= 0.3 is 18.2 Å². The SMILES string of the molecule is C.C.C=CC(=O)N(C)c1ccc(C(=O)N2CC[C@@H](Cc3ncc(Cl)c(OC)n3)C2)cc1.C=CC(=O)N(C)c1ccc(C(=O)O)cc1.CC(C)(C)OC(=O)N1CC[C@@H](N)C1.COc1nc(C[C@@H]2CCN(C(=O)OC(C)(C)C)C2)ncc1Cl.COc1nc(C[C@@H]2CCNC2)ncc1Cl.COc1nc(Cl)ncc1Cl.Cl.Clc1ncc(Cl)c(Cl)n1. The Bertz CT molecular complexity index is 4320. The molecule has 2 aromatic carbocycles. The number of nitrogens with two attached hydrogens (primary N) is 1. The van der Waals surface area contributed by atoms with Crippen LogP contribution in [0.2, 0.25) is 40.8 Å². The smallest absolute Gasteiger partial charge is 0.410 e. The minimum atomic E-state index is -0.987. The molecule has 4 aliphatic rings. The monoisotopic (exact) mass is 1790 g/mol. The number of halogens is 9. The number of hydrogen-bond donors (Lipinski definition) is 3. The molecule has 0 radical (unpaired) electrons. The fraction of sp³-hybridized carbons (Fsp3) is 0.455. The Kier molecular flexibility index (Phi) is 45.5. The van der Waals surface area contributed by atoms with E-state index in [-0.39, 0.29) is 90.4 Å². The van der Waals surface area contributed by atoms with Gasteiger partial charge in [0.1, 0.15) is 48.8 Å². The molecule has 0 saturated carbocycles. The number of anilines is 2. The maximum Gasteiger partial charge on any atom is 0.410 e. The summed E-state index contributed by atoms with van der Waals surface area (Å²) in [6, 6.07) is 13.2. The molecule has 636 valence electrons. The van der Waals surface area contributed by atoms with Crippen molar-refractivity contribution in [3.8, 4) is 23.5 Å². The lowest BCUT2D eigenvalue weighted by molar-refractivity contribution is -0.114. The Morgan fingerprint density at radius 2 is 0.862 bits per heavy atom. The van der Waals surface area contributed by atoms with Gasteiger partial charge in [0.25, 0.3) is 5.91 Å². The number of carboxylic acids is 1. The molecule has 5 aromatic heterocycles. The van der Waals surface area contributed by atoms with Gasteiger partial charge in [0, 0.05) is 95.6 Å². The van der Waals surface area contributed by atoms with E-state index in [0.29, 0.717) is 135 Å². The number of likely N-dealkylation sites (N-methyl/N-ethyl adjacent to an activating group) is 2. The Morgan fingerprint density at radius 1 is 0.509 bits per heavy atom. The van der Waals surface area contributed by atoms with E-state index in [4.69, 9.17) is 132 Å². The molecule has 0 bridgehead atoms.